The average molecular weight is 217 g/mol. The van der Waals surface area contributed by atoms with Gasteiger partial charge in [-0.05, 0) is 36.8 Å². The molecular weight excluding hydrogens is 198 g/mol. The lowest BCUT2D eigenvalue weighted by molar-refractivity contribution is 0.144. The van der Waals surface area contributed by atoms with Crippen molar-refractivity contribution in [2.75, 3.05) is 6.54 Å². The van der Waals surface area contributed by atoms with Crippen LogP contribution in [0.15, 0.2) is 24.3 Å². The van der Waals surface area contributed by atoms with E-state index >= 15 is 0 Å². The SMILES string of the molecule is NCC1(c2ccccc2C2(O)CC2)CCC1. The van der Waals surface area contributed by atoms with Gasteiger partial charge in [-0.25, -0.2) is 0 Å². The molecule has 2 aliphatic rings. The molecule has 0 radical (unpaired) electrons. The van der Waals surface area contributed by atoms with E-state index in [0.717, 1.165) is 18.4 Å². The molecule has 0 saturated heterocycles. The first-order valence-electron chi connectivity index (χ1n) is 6.23. The van der Waals surface area contributed by atoms with Gasteiger partial charge >= 0.3 is 0 Å². The Labute approximate surface area is 96.5 Å². The quantitative estimate of drug-likeness (QED) is 0.814. The molecule has 3 N–H and O–H groups in total. The van der Waals surface area contributed by atoms with Crippen LogP contribution in [-0.2, 0) is 11.0 Å². The second kappa shape index (κ2) is 3.31. The minimum Gasteiger partial charge on any atom is -0.385 e. The first-order chi connectivity index (χ1) is 7.70. The maximum atomic E-state index is 10.3. The fourth-order valence-electron chi connectivity index (χ4n) is 2.93. The van der Waals surface area contributed by atoms with Crippen molar-refractivity contribution in [3.05, 3.63) is 35.4 Å². The molecule has 0 aromatic heterocycles. The van der Waals surface area contributed by atoms with Crippen LogP contribution in [0.25, 0.3) is 0 Å². The molecule has 0 spiro atoms. The van der Waals surface area contributed by atoms with E-state index in [2.05, 4.69) is 18.2 Å². The van der Waals surface area contributed by atoms with Crippen molar-refractivity contribution in [1.29, 1.82) is 0 Å². The van der Waals surface area contributed by atoms with E-state index in [1.165, 1.54) is 24.8 Å². The van der Waals surface area contributed by atoms with Crippen LogP contribution >= 0.6 is 0 Å². The van der Waals surface area contributed by atoms with Gasteiger partial charge in [0.05, 0.1) is 5.60 Å². The van der Waals surface area contributed by atoms with E-state index in [0.29, 0.717) is 6.54 Å². The summed E-state index contributed by atoms with van der Waals surface area (Å²) in [5.74, 6) is 0. The predicted octanol–water partition coefficient (Wildman–Crippen LogP) is 2.05. The van der Waals surface area contributed by atoms with Crippen LogP contribution in [0.5, 0.6) is 0 Å². The summed E-state index contributed by atoms with van der Waals surface area (Å²) in [6, 6.07) is 8.34. The summed E-state index contributed by atoms with van der Waals surface area (Å²) in [4.78, 5) is 0. The van der Waals surface area contributed by atoms with Crippen LogP contribution in [0.1, 0.15) is 43.2 Å². The number of hydrogen-bond donors (Lipinski definition) is 2. The Kier molecular flexibility index (Phi) is 2.13. The molecule has 86 valence electrons. The van der Waals surface area contributed by atoms with E-state index in [4.69, 9.17) is 5.73 Å². The molecule has 2 fully saturated rings. The summed E-state index contributed by atoms with van der Waals surface area (Å²) in [7, 11) is 0. The molecule has 16 heavy (non-hydrogen) atoms. The van der Waals surface area contributed by atoms with Gasteiger partial charge in [-0.1, -0.05) is 30.7 Å². The lowest BCUT2D eigenvalue weighted by Gasteiger charge is -2.43. The molecule has 2 saturated carbocycles. The van der Waals surface area contributed by atoms with Crippen molar-refractivity contribution >= 4 is 0 Å². The summed E-state index contributed by atoms with van der Waals surface area (Å²) in [5.41, 5.74) is 8.03. The summed E-state index contributed by atoms with van der Waals surface area (Å²) in [6.45, 7) is 0.708. The molecule has 3 rings (SSSR count). The molecule has 0 atom stereocenters. The minimum atomic E-state index is -0.533. The standard InChI is InChI=1S/C14H19NO/c15-10-13(6-3-7-13)11-4-1-2-5-12(11)14(16)8-9-14/h1-2,4-5,16H,3,6-10,15H2. The number of hydrogen-bond acceptors (Lipinski definition) is 2. The summed E-state index contributed by atoms with van der Waals surface area (Å²) in [6.07, 6.45) is 5.44. The molecule has 1 aromatic carbocycles. The number of nitrogens with two attached hydrogens (primary N) is 1. The second-order valence-electron chi connectivity index (χ2n) is 5.42. The van der Waals surface area contributed by atoms with Crippen molar-refractivity contribution in [2.45, 2.75) is 43.1 Å². The third kappa shape index (κ3) is 1.33. The zero-order chi connectivity index (χ0) is 11.2. The predicted molar refractivity (Wildman–Crippen MR) is 64.2 cm³/mol. The first-order valence-corrected chi connectivity index (χ1v) is 6.23. The van der Waals surface area contributed by atoms with Crippen LogP contribution in [0.4, 0.5) is 0 Å². The van der Waals surface area contributed by atoms with Gasteiger partial charge in [0.2, 0.25) is 0 Å². The molecule has 2 heteroatoms. The van der Waals surface area contributed by atoms with Gasteiger partial charge < -0.3 is 10.8 Å². The van der Waals surface area contributed by atoms with Crippen molar-refractivity contribution in [3.8, 4) is 0 Å². The van der Waals surface area contributed by atoms with E-state index in [9.17, 15) is 5.11 Å². The number of rotatable bonds is 3. The molecule has 1 aromatic rings. The van der Waals surface area contributed by atoms with Gasteiger partial charge in [0, 0.05) is 12.0 Å². The minimum absolute atomic E-state index is 0.162. The molecule has 0 aliphatic heterocycles. The fourth-order valence-corrected chi connectivity index (χ4v) is 2.93. The Morgan fingerprint density at radius 3 is 2.12 bits per heavy atom. The molecule has 0 heterocycles. The highest BCUT2D eigenvalue weighted by Crippen LogP contribution is 2.52. The second-order valence-corrected chi connectivity index (χ2v) is 5.42. The summed E-state index contributed by atoms with van der Waals surface area (Å²) < 4.78 is 0. The Balaban J connectivity index is 2.06. The lowest BCUT2D eigenvalue weighted by Crippen LogP contribution is -2.42. The molecular formula is C14H19NO. The molecule has 0 unspecified atom stereocenters. The van der Waals surface area contributed by atoms with Crippen molar-refractivity contribution in [3.63, 3.8) is 0 Å². The largest absolute Gasteiger partial charge is 0.385 e. The molecule has 2 aliphatic carbocycles. The normalized spacial score (nSPS) is 24.9. The van der Waals surface area contributed by atoms with E-state index in [1.54, 1.807) is 0 Å². The highest BCUT2D eigenvalue weighted by atomic mass is 16.3. The average Bonchev–Trinajstić information content (AvgIpc) is 2.98. The van der Waals surface area contributed by atoms with Crippen LogP contribution in [0.2, 0.25) is 0 Å². The number of aliphatic hydroxyl groups is 1. The maximum absolute atomic E-state index is 10.3. The van der Waals surface area contributed by atoms with E-state index in [-0.39, 0.29) is 5.41 Å². The van der Waals surface area contributed by atoms with Gasteiger partial charge in [0.1, 0.15) is 0 Å². The van der Waals surface area contributed by atoms with Crippen molar-refractivity contribution < 1.29 is 5.11 Å². The van der Waals surface area contributed by atoms with Crippen LogP contribution < -0.4 is 5.73 Å². The smallest absolute Gasteiger partial charge is 0.0901 e. The van der Waals surface area contributed by atoms with Crippen LogP contribution in [-0.4, -0.2) is 11.7 Å². The van der Waals surface area contributed by atoms with E-state index in [1.807, 2.05) is 6.07 Å². The third-order valence-electron chi connectivity index (χ3n) is 4.42. The summed E-state index contributed by atoms with van der Waals surface area (Å²) in [5, 5.41) is 10.3. The Hall–Kier alpha value is -0.860. The van der Waals surface area contributed by atoms with E-state index < -0.39 is 5.60 Å². The highest BCUT2D eigenvalue weighted by Gasteiger charge is 2.48. The van der Waals surface area contributed by atoms with Crippen molar-refractivity contribution in [1.82, 2.24) is 0 Å². The Morgan fingerprint density at radius 1 is 1.06 bits per heavy atom. The van der Waals surface area contributed by atoms with Gasteiger partial charge in [0.25, 0.3) is 0 Å². The van der Waals surface area contributed by atoms with Gasteiger partial charge in [-0.2, -0.15) is 0 Å². The molecule has 0 amide bonds. The maximum Gasteiger partial charge on any atom is 0.0901 e. The Bertz CT molecular complexity index is 399. The fraction of sp³-hybridized carbons (Fsp3) is 0.571. The van der Waals surface area contributed by atoms with Gasteiger partial charge in [-0.3, -0.25) is 0 Å². The van der Waals surface area contributed by atoms with Gasteiger partial charge in [0.15, 0.2) is 0 Å². The number of benzene rings is 1. The topological polar surface area (TPSA) is 46.2 Å². The van der Waals surface area contributed by atoms with Crippen LogP contribution in [0.3, 0.4) is 0 Å². The van der Waals surface area contributed by atoms with Gasteiger partial charge in [-0.15, -0.1) is 0 Å². The third-order valence-corrected chi connectivity index (χ3v) is 4.42. The first kappa shape index (κ1) is 10.3. The summed E-state index contributed by atoms with van der Waals surface area (Å²) >= 11 is 0. The Morgan fingerprint density at radius 2 is 1.69 bits per heavy atom. The lowest BCUT2D eigenvalue weighted by atomic mass is 9.63. The highest BCUT2D eigenvalue weighted by molar-refractivity contribution is 5.42. The van der Waals surface area contributed by atoms with Crippen LogP contribution in [0, 0.1) is 0 Å². The zero-order valence-corrected chi connectivity index (χ0v) is 9.58. The molecule has 2 nitrogen and oxygen atoms in total. The zero-order valence-electron chi connectivity index (χ0n) is 9.58. The molecule has 0 bridgehead atoms. The van der Waals surface area contributed by atoms with Crippen molar-refractivity contribution in [2.24, 2.45) is 5.73 Å². The monoisotopic (exact) mass is 217 g/mol.